The largest absolute Gasteiger partial charge is 0.481 e. The Hall–Kier alpha value is -1.36. The molecule has 1 aromatic rings. The predicted octanol–water partition coefficient (Wildman–Crippen LogP) is 1.16. The molecule has 2 fully saturated rings. The highest BCUT2D eigenvalue weighted by molar-refractivity contribution is 5.35. The summed E-state index contributed by atoms with van der Waals surface area (Å²) in [5, 5.41) is 0. The van der Waals surface area contributed by atoms with E-state index in [0.29, 0.717) is 11.9 Å². The highest BCUT2D eigenvalue weighted by atomic mass is 16.5. The summed E-state index contributed by atoms with van der Waals surface area (Å²) in [6.07, 6.45) is 5.66. The second kappa shape index (κ2) is 5.10. The molecule has 0 radical (unpaired) electrons. The molecule has 2 saturated heterocycles. The number of ether oxygens (including phenoxy) is 1. The molecule has 0 spiro atoms. The van der Waals surface area contributed by atoms with Gasteiger partial charge >= 0.3 is 0 Å². The van der Waals surface area contributed by atoms with E-state index in [4.69, 9.17) is 4.74 Å². The van der Waals surface area contributed by atoms with Crippen LogP contribution in [0.5, 0.6) is 5.88 Å². The zero-order valence-electron chi connectivity index (χ0n) is 10.9. The van der Waals surface area contributed by atoms with Crippen molar-refractivity contribution in [3.05, 3.63) is 12.3 Å². The molecule has 2 atom stereocenters. The van der Waals surface area contributed by atoms with Gasteiger partial charge in [0.2, 0.25) is 11.8 Å². The Morgan fingerprint density at radius 3 is 3.11 bits per heavy atom. The highest BCUT2D eigenvalue weighted by Crippen LogP contribution is 2.24. The van der Waals surface area contributed by atoms with Gasteiger partial charge in [0.15, 0.2) is 0 Å². The van der Waals surface area contributed by atoms with E-state index in [0.717, 1.165) is 25.6 Å². The average molecular weight is 248 g/mol. The standard InChI is InChI=1S/C13H20N4O/c1-18-12-5-6-14-13(15-12)17-9-8-16-7-3-2-4-11(17)10-16/h5-6,11H,2-4,7-10H2,1H3. The van der Waals surface area contributed by atoms with Crippen molar-refractivity contribution in [2.45, 2.75) is 25.3 Å². The van der Waals surface area contributed by atoms with Gasteiger partial charge in [0.1, 0.15) is 0 Å². The van der Waals surface area contributed by atoms with Crippen LogP contribution in [0.3, 0.4) is 0 Å². The Bertz CT molecular complexity index is 412. The van der Waals surface area contributed by atoms with Crippen molar-refractivity contribution in [2.24, 2.45) is 0 Å². The third kappa shape index (κ3) is 2.27. The Morgan fingerprint density at radius 1 is 1.28 bits per heavy atom. The van der Waals surface area contributed by atoms with Gasteiger partial charge in [-0.05, 0) is 19.4 Å². The van der Waals surface area contributed by atoms with Gasteiger partial charge in [-0.1, -0.05) is 6.42 Å². The molecular formula is C13H20N4O. The van der Waals surface area contributed by atoms with E-state index in [1.165, 1.54) is 25.8 Å². The minimum Gasteiger partial charge on any atom is -0.481 e. The maximum atomic E-state index is 5.19. The normalized spacial score (nSPS) is 27.7. The summed E-state index contributed by atoms with van der Waals surface area (Å²) in [5.41, 5.74) is 0. The van der Waals surface area contributed by atoms with Crippen LogP contribution in [0.15, 0.2) is 12.3 Å². The van der Waals surface area contributed by atoms with E-state index in [2.05, 4.69) is 19.8 Å². The fourth-order valence-electron chi connectivity index (χ4n) is 2.93. The third-order valence-electron chi connectivity index (χ3n) is 3.91. The monoisotopic (exact) mass is 248 g/mol. The Labute approximate surface area is 108 Å². The lowest BCUT2D eigenvalue weighted by molar-refractivity contribution is 0.238. The van der Waals surface area contributed by atoms with Gasteiger partial charge in [0.05, 0.1) is 7.11 Å². The molecule has 2 unspecified atom stereocenters. The van der Waals surface area contributed by atoms with E-state index >= 15 is 0 Å². The van der Waals surface area contributed by atoms with Crippen molar-refractivity contribution in [1.82, 2.24) is 14.9 Å². The van der Waals surface area contributed by atoms with Crippen LogP contribution >= 0.6 is 0 Å². The summed E-state index contributed by atoms with van der Waals surface area (Å²) in [6.45, 7) is 4.55. The summed E-state index contributed by atoms with van der Waals surface area (Å²) >= 11 is 0. The molecule has 0 aliphatic carbocycles. The first kappa shape index (κ1) is 11.7. The molecule has 0 N–H and O–H groups in total. The molecule has 2 bridgehead atoms. The summed E-state index contributed by atoms with van der Waals surface area (Å²) < 4.78 is 5.19. The quantitative estimate of drug-likeness (QED) is 0.785. The van der Waals surface area contributed by atoms with Crippen molar-refractivity contribution in [1.29, 1.82) is 0 Å². The number of aromatic nitrogens is 2. The molecular weight excluding hydrogens is 228 g/mol. The van der Waals surface area contributed by atoms with Crippen LogP contribution in [0.4, 0.5) is 5.95 Å². The van der Waals surface area contributed by atoms with Gasteiger partial charge in [-0.25, -0.2) is 4.98 Å². The van der Waals surface area contributed by atoms with Crippen LogP contribution in [0.1, 0.15) is 19.3 Å². The van der Waals surface area contributed by atoms with Crippen LogP contribution in [0.25, 0.3) is 0 Å². The summed E-state index contributed by atoms with van der Waals surface area (Å²) in [6, 6.07) is 2.36. The number of anilines is 1. The number of piperazine rings is 1. The van der Waals surface area contributed by atoms with E-state index in [1.807, 2.05) is 0 Å². The topological polar surface area (TPSA) is 41.5 Å². The zero-order valence-corrected chi connectivity index (χ0v) is 10.9. The van der Waals surface area contributed by atoms with Gasteiger partial charge in [0.25, 0.3) is 0 Å². The van der Waals surface area contributed by atoms with Crippen molar-refractivity contribution >= 4 is 5.95 Å². The number of methoxy groups -OCH3 is 1. The molecule has 0 amide bonds. The first-order valence-corrected chi connectivity index (χ1v) is 6.73. The van der Waals surface area contributed by atoms with Crippen molar-refractivity contribution in [2.75, 3.05) is 38.2 Å². The number of hydrogen-bond acceptors (Lipinski definition) is 5. The fourth-order valence-corrected chi connectivity index (χ4v) is 2.93. The molecule has 98 valence electrons. The van der Waals surface area contributed by atoms with Crippen molar-refractivity contribution in [3.63, 3.8) is 0 Å². The number of rotatable bonds is 2. The summed E-state index contributed by atoms with van der Waals surface area (Å²) in [4.78, 5) is 13.8. The smallest absolute Gasteiger partial charge is 0.228 e. The second-order valence-electron chi connectivity index (χ2n) is 5.04. The Kier molecular flexibility index (Phi) is 3.32. The fraction of sp³-hybridized carbons (Fsp3) is 0.692. The second-order valence-corrected chi connectivity index (χ2v) is 5.04. The predicted molar refractivity (Wildman–Crippen MR) is 70.0 cm³/mol. The molecule has 0 saturated carbocycles. The Morgan fingerprint density at radius 2 is 2.22 bits per heavy atom. The van der Waals surface area contributed by atoms with E-state index < -0.39 is 0 Å². The van der Waals surface area contributed by atoms with Crippen LogP contribution < -0.4 is 9.64 Å². The highest BCUT2D eigenvalue weighted by Gasteiger charge is 2.30. The molecule has 2 aliphatic heterocycles. The van der Waals surface area contributed by atoms with Crippen LogP contribution in [0.2, 0.25) is 0 Å². The third-order valence-corrected chi connectivity index (χ3v) is 3.91. The Balaban J connectivity index is 1.82. The molecule has 5 heteroatoms. The van der Waals surface area contributed by atoms with Gasteiger partial charge < -0.3 is 9.64 Å². The molecule has 18 heavy (non-hydrogen) atoms. The summed E-state index contributed by atoms with van der Waals surface area (Å²) in [7, 11) is 1.65. The lowest BCUT2D eigenvalue weighted by Crippen LogP contribution is -2.52. The number of nitrogens with zero attached hydrogens (tertiary/aromatic N) is 4. The number of hydrogen-bond donors (Lipinski definition) is 0. The molecule has 1 aromatic heterocycles. The lowest BCUT2D eigenvalue weighted by atomic mass is 10.1. The number of fused-ring (bicyclic) bond motifs is 2. The van der Waals surface area contributed by atoms with Gasteiger partial charge in [0, 0.05) is 37.9 Å². The maximum absolute atomic E-state index is 5.19. The minimum absolute atomic E-state index is 0.563. The summed E-state index contributed by atoms with van der Waals surface area (Å²) in [5.74, 6) is 1.47. The van der Waals surface area contributed by atoms with Crippen LogP contribution in [0, 0.1) is 0 Å². The SMILES string of the molecule is COc1ccnc(N2CCN3CCCCC2C3)n1. The average Bonchev–Trinajstić information content (AvgIpc) is 2.61. The first-order valence-electron chi connectivity index (χ1n) is 6.73. The first-order chi connectivity index (χ1) is 8.86. The molecule has 2 aliphatic rings. The lowest BCUT2D eigenvalue weighted by Gasteiger charge is -2.39. The van der Waals surface area contributed by atoms with Gasteiger partial charge in [-0.3, -0.25) is 4.90 Å². The van der Waals surface area contributed by atoms with Gasteiger partial charge in [-0.15, -0.1) is 0 Å². The van der Waals surface area contributed by atoms with E-state index in [-0.39, 0.29) is 0 Å². The molecule has 3 rings (SSSR count). The molecule has 0 aromatic carbocycles. The van der Waals surface area contributed by atoms with Crippen molar-refractivity contribution < 1.29 is 4.74 Å². The van der Waals surface area contributed by atoms with Crippen molar-refractivity contribution in [3.8, 4) is 5.88 Å². The van der Waals surface area contributed by atoms with E-state index in [9.17, 15) is 0 Å². The minimum atomic E-state index is 0.563. The maximum Gasteiger partial charge on any atom is 0.228 e. The van der Waals surface area contributed by atoms with Gasteiger partial charge in [-0.2, -0.15) is 4.98 Å². The molecule has 3 heterocycles. The van der Waals surface area contributed by atoms with Crippen LogP contribution in [-0.2, 0) is 0 Å². The molecule has 5 nitrogen and oxygen atoms in total. The zero-order chi connectivity index (χ0) is 12.4. The van der Waals surface area contributed by atoms with E-state index in [1.54, 1.807) is 19.4 Å². The van der Waals surface area contributed by atoms with Crippen LogP contribution in [-0.4, -0.2) is 54.2 Å².